The molecule has 0 aliphatic rings. The fraction of sp³-hybridized carbons (Fsp3) is 0.217. The summed E-state index contributed by atoms with van der Waals surface area (Å²) >= 11 is 0. The smallest absolute Gasteiger partial charge is 0.319 e. The van der Waals surface area contributed by atoms with Gasteiger partial charge in [0.05, 0.1) is 17.1 Å². The first-order chi connectivity index (χ1) is 15.3. The van der Waals surface area contributed by atoms with Gasteiger partial charge in [0.25, 0.3) is 5.56 Å². The molecule has 9 heteroatoms. The predicted molar refractivity (Wildman–Crippen MR) is 122 cm³/mol. The first-order valence-electron chi connectivity index (χ1n) is 10.2. The van der Waals surface area contributed by atoms with Gasteiger partial charge in [0, 0.05) is 25.5 Å². The van der Waals surface area contributed by atoms with Crippen LogP contribution >= 0.6 is 0 Å². The van der Waals surface area contributed by atoms with Crippen molar-refractivity contribution in [3.05, 3.63) is 87.7 Å². The van der Waals surface area contributed by atoms with Gasteiger partial charge in [-0.25, -0.2) is 19.1 Å². The van der Waals surface area contributed by atoms with Gasteiger partial charge in [-0.15, -0.1) is 0 Å². The van der Waals surface area contributed by atoms with Gasteiger partial charge in [-0.3, -0.25) is 9.48 Å². The molecule has 3 heterocycles. The molecule has 3 aromatic heterocycles. The Labute approximate surface area is 185 Å². The number of para-hydroxylation sites is 1. The molecule has 0 saturated heterocycles. The van der Waals surface area contributed by atoms with Crippen molar-refractivity contribution in [3.63, 3.8) is 0 Å². The number of anilines is 1. The summed E-state index contributed by atoms with van der Waals surface area (Å²) in [6.45, 7) is 5.97. The Morgan fingerprint density at radius 3 is 2.44 bits per heavy atom. The van der Waals surface area contributed by atoms with Crippen molar-refractivity contribution in [2.45, 2.75) is 27.3 Å². The van der Waals surface area contributed by atoms with Crippen molar-refractivity contribution in [2.75, 3.05) is 5.32 Å². The maximum absolute atomic E-state index is 12.9. The third-order valence-corrected chi connectivity index (χ3v) is 5.28. The van der Waals surface area contributed by atoms with Gasteiger partial charge < -0.3 is 10.6 Å². The molecule has 0 unspecified atom stereocenters. The monoisotopic (exact) mass is 431 g/mol. The number of amides is 2. The van der Waals surface area contributed by atoms with Crippen LogP contribution in [0.3, 0.4) is 0 Å². The van der Waals surface area contributed by atoms with E-state index in [0.717, 1.165) is 22.6 Å². The van der Waals surface area contributed by atoms with E-state index in [1.807, 2.05) is 62.4 Å². The molecule has 0 radical (unpaired) electrons. The molecule has 32 heavy (non-hydrogen) atoms. The normalized spacial score (nSPS) is 10.9. The van der Waals surface area contributed by atoms with Crippen molar-refractivity contribution < 1.29 is 4.79 Å². The van der Waals surface area contributed by atoms with E-state index in [1.54, 1.807) is 29.5 Å². The number of aryl methyl sites for hydroxylation is 2. The molecule has 1 aromatic carbocycles. The number of nitrogens with zero attached hydrogens (tertiary/aromatic N) is 5. The molecule has 2 N–H and O–H groups in total. The Kier molecular flexibility index (Phi) is 5.63. The summed E-state index contributed by atoms with van der Waals surface area (Å²) in [5.41, 5.74) is 4.09. The second-order valence-corrected chi connectivity index (χ2v) is 7.61. The number of hydrogen-bond donors (Lipinski definition) is 2. The predicted octanol–water partition coefficient (Wildman–Crippen LogP) is 3.00. The van der Waals surface area contributed by atoms with E-state index in [-0.39, 0.29) is 17.8 Å². The lowest BCUT2D eigenvalue weighted by atomic mass is 10.3. The van der Waals surface area contributed by atoms with Crippen LogP contribution in [-0.2, 0) is 13.6 Å². The lowest BCUT2D eigenvalue weighted by Crippen LogP contribution is -2.31. The van der Waals surface area contributed by atoms with E-state index in [4.69, 9.17) is 0 Å². The molecule has 0 spiro atoms. The molecule has 0 aliphatic carbocycles. The van der Waals surface area contributed by atoms with Crippen molar-refractivity contribution >= 4 is 11.7 Å². The van der Waals surface area contributed by atoms with Gasteiger partial charge in [0.15, 0.2) is 5.82 Å². The standard InChI is InChI=1S/C23H25N7O2/c1-15-12-16(2)29(27-15)20-11-10-18(13-24-20)14-25-23(32)26-21-17(3)28(4)30(22(21)31)19-8-6-5-7-9-19/h5-13H,14H2,1-4H3,(H2,25,26,32). The summed E-state index contributed by atoms with van der Waals surface area (Å²) < 4.78 is 5.01. The van der Waals surface area contributed by atoms with Crippen LogP contribution in [-0.4, -0.2) is 30.2 Å². The van der Waals surface area contributed by atoms with Crippen LogP contribution < -0.4 is 16.2 Å². The van der Waals surface area contributed by atoms with Crippen LogP contribution in [0, 0.1) is 20.8 Å². The highest BCUT2D eigenvalue weighted by atomic mass is 16.2. The van der Waals surface area contributed by atoms with Gasteiger partial charge in [-0.1, -0.05) is 24.3 Å². The SMILES string of the molecule is Cc1cc(C)n(-c2ccc(CNC(=O)Nc3c(C)n(C)n(-c4ccccc4)c3=O)cn2)n1. The quantitative estimate of drug-likeness (QED) is 0.507. The highest BCUT2D eigenvalue weighted by molar-refractivity contribution is 5.89. The molecule has 0 atom stereocenters. The van der Waals surface area contributed by atoms with Crippen LogP contribution in [0.4, 0.5) is 10.5 Å². The average molecular weight is 432 g/mol. The van der Waals surface area contributed by atoms with Crippen LogP contribution in [0.1, 0.15) is 22.6 Å². The van der Waals surface area contributed by atoms with E-state index in [9.17, 15) is 9.59 Å². The number of carbonyl (C=O) groups is 1. The van der Waals surface area contributed by atoms with Gasteiger partial charge in [-0.05, 0) is 50.6 Å². The first kappa shape index (κ1) is 21.1. The molecule has 0 fully saturated rings. The minimum absolute atomic E-state index is 0.242. The summed E-state index contributed by atoms with van der Waals surface area (Å²) in [5.74, 6) is 0.713. The summed E-state index contributed by atoms with van der Waals surface area (Å²) in [6, 6.07) is 14.5. The lowest BCUT2D eigenvalue weighted by Gasteiger charge is -2.08. The fourth-order valence-electron chi connectivity index (χ4n) is 3.56. The summed E-state index contributed by atoms with van der Waals surface area (Å²) in [7, 11) is 1.78. The molecule has 0 aliphatic heterocycles. The maximum Gasteiger partial charge on any atom is 0.319 e. The zero-order valence-electron chi connectivity index (χ0n) is 18.5. The van der Waals surface area contributed by atoms with Crippen molar-refractivity contribution in [1.82, 2.24) is 29.4 Å². The second kappa shape index (κ2) is 8.54. The summed E-state index contributed by atoms with van der Waals surface area (Å²) in [6.07, 6.45) is 1.70. The maximum atomic E-state index is 12.9. The summed E-state index contributed by atoms with van der Waals surface area (Å²) in [5, 5.41) is 9.88. The number of rotatable bonds is 5. The molecule has 2 amide bonds. The highest BCUT2D eigenvalue weighted by Gasteiger charge is 2.18. The number of benzene rings is 1. The molecule has 9 nitrogen and oxygen atoms in total. The third kappa shape index (κ3) is 4.04. The van der Waals surface area contributed by atoms with Crippen molar-refractivity contribution in [1.29, 1.82) is 0 Å². The Morgan fingerprint density at radius 1 is 1.06 bits per heavy atom. The van der Waals surface area contributed by atoms with Crippen LogP contribution in [0.2, 0.25) is 0 Å². The summed E-state index contributed by atoms with van der Waals surface area (Å²) in [4.78, 5) is 29.8. The Balaban J connectivity index is 1.44. The molecular weight excluding hydrogens is 406 g/mol. The van der Waals surface area contributed by atoms with E-state index in [2.05, 4.69) is 20.7 Å². The fourth-order valence-corrected chi connectivity index (χ4v) is 3.56. The number of aromatic nitrogens is 5. The molecule has 4 rings (SSSR count). The lowest BCUT2D eigenvalue weighted by molar-refractivity contribution is 0.251. The zero-order valence-corrected chi connectivity index (χ0v) is 18.5. The topological polar surface area (TPSA) is 98.8 Å². The average Bonchev–Trinajstić information content (AvgIpc) is 3.23. The second-order valence-electron chi connectivity index (χ2n) is 7.61. The van der Waals surface area contributed by atoms with Crippen LogP contribution in [0.15, 0.2) is 59.5 Å². The molecule has 0 saturated carbocycles. The Bertz CT molecular complexity index is 1320. The van der Waals surface area contributed by atoms with Gasteiger partial charge in [0.2, 0.25) is 0 Å². The highest BCUT2D eigenvalue weighted by Crippen LogP contribution is 2.14. The number of pyridine rings is 1. The zero-order chi connectivity index (χ0) is 22.8. The molecular formula is C23H25N7O2. The Morgan fingerprint density at radius 2 is 1.81 bits per heavy atom. The van der Waals surface area contributed by atoms with Crippen molar-refractivity contribution in [2.24, 2.45) is 7.05 Å². The molecule has 164 valence electrons. The number of hydrogen-bond acceptors (Lipinski definition) is 4. The minimum atomic E-state index is -0.460. The van der Waals surface area contributed by atoms with Gasteiger partial charge in [0.1, 0.15) is 5.69 Å². The molecule has 4 aromatic rings. The van der Waals surface area contributed by atoms with Crippen molar-refractivity contribution in [3.8, 4) is 11.5 Å². The number of urea groups is 1. The van der Waals surface area contributed by atoms with E-state index < -0.39 is 6.03 Å². The van der Waals surface area contributed by atoms with Crippen LogP contribution in [0.5, 0.6) is 0 Å². The minimum Gasteiger partial charge on any atom is -0.334 e. The van der Waals surface area contributed by atoms with E-state index in [1.165, 1.54) is 4.68 Å². The third-order valence-electron chi connectivity index (χ3n) is 5.28. The van der Waals surface area contributed by atoms with E-state index in [0.29, 0.717) is 11.5 Å². The number of nitrogens with one attached hydrogen (secondary N) is 2. The molecule has 0 bridgehead atoms. The number of carbonyl (C=O) groups excluding carboxylic acids is 1. The van der Waals surface area contributed by atoms with Gasteiger partial charge >= 0.3 is 6.03 Å². The van der Waals surface area contributed by atoms with E-state index >= 15 is 0 Å². The first-order valence-corrected chi connectivity index (χ1v) is 10.2. The van der Waals surface area contributed by atoms with Gasteiger partial charge in [-0.2, -0.15) is 5.10 Å². The Hall–Kier alpha value is -4.14. The largest absolute Gasteiger partial charge is 0.334 e. The van der Waals surface area contributed by atoms with Crippen LogP contribution in [0.25, 0.3) is 11.5 Å².